The Hall–Kier alpha value is -2.90. The number of aromatic nitrogens is 1. The van der Waals surface area contributed by atoms with E-state index in [9.17, 15) is 22.8 Å². The van der Waals surface area contributed by atoms with Crippen LogP contribution in [0.2, 0.25) is 0 Å². The third kappa shape index (κ3) is 3.85. The van der Waals surface area contributed by atoms with Crippen molar-refractivity contribution in [3.63, 3.8) is 0 Å². The molecule has 0 spiro atoms. The van der Waals surface area contributed by atoms with Crippen molar-refractivity contribution < 1.29 is 27.5 Å². The van der Waals surface area contributed by atoms with E-state index >= 15 is 0 Å². The molecule has 2 rings (SSSR count). The van der Waals surface area contributed by atoms with E-state index in [1.807, 2.05) is 0 Å². The minimum Gasteiger partial charge on any atom is -0.465 e. The molecular formula is C15H11F3N2O3. The maximum atomic E-state index is 12.9. The Morgan fingerprint density at radius 2 is 1.87 bits per heavy atom. The van der Waals surface area contributed by atoms with Gasteiger partial charge in [0.15, 0.2) is 0 Å². The largest absolute Gasteiger partial charge is 0.465 e. The fourth-order valence-electron chi connectivity index (χ4n) is 1.86. The number of alkyl halides is 3. The van der Waals surface area contributed by atoms with Gasteiger partial charge in [0.2, 0.25) is 0 Å². The Balaban J connectivity index is 2.29. The van der Waals surface area contributed by atoms with Crippen molar-refractivity contribution in [3.8, 4) is 0 Å². The number of carbonyl (C=O) groups is 2. The number of hydrogen-bond donors (Lipinski definition) is 1. The third-order valence-corrected chi connectivity index (χ3v) is 2.90. The van der Waals surface area contributed by atoms with Crippen molar-refractivity contribution >= 4 is 17.7 Å². The average molecular weight is 324 g/mol. The zero-order chi connectivity index (χ0) is 17.0. The van der Waals surface area contributed by atoms with Crippen LogP contribution in [0.5, 0.6) is 0 Å². The smallest absolute Gasteiger partial charge is 0.417 e. The third-order valence-electron chi connectivity index (χ3n) is 2.90. The summed E-state index contributed by atoms with van der Waals surface area (Å²) in [4.78, 5) is 27.3. The number of benzene rings is 1. The van der Waals surface area contributed by atoms with Crippen LogP contribution >= 0.6 is 0 Å². The minimum atomic E-state index is -4.66. The quantitative estimate of drug-likeness (QED) is 0.881. The summed E-state index contributed by atoms with van der Waals surface area (Å²) in [6.45, 7) is 0. The first-order valence-corrected chi connectivity index (χ1v) is 6.35. The van der Waals surface area contributed by atoms with E-state index in [-0.39, 0.29) is 11.4 Å². The molecule has 8 heteroatoms. The first kappa shape index (κ1) is 16.5. The lowest BCUT2D eigenvalue weighted by Gasteiger charge is -2.12. The molecule has 0 saturated heterocycles. The number of halogens is 3. The van der Waals surface area contributed by atoms with Gasteiger partial charge in [-0.25, -0.2) is 9.78 Å². The lowest BCUT2D eigenvalue weighted by molar-refractivity contribution is -0.137. The second-order valence-corrected chi connectivity index (χ2v) is 4.42. The van der Waals surface area contributed by atoms with E-state index in [1.165, 1.54) is 37.6 Å². The van der Waals surface area contributed by atoms with Gasteiger partial charge < -0.3 is 10.1 Å². The molecule has 0 bridgehead atoms. The Labute approximate surface area is 129 Å². The fourth-order valence-corrected chi connectivity index (χ4v) is 1.86. The molecule has 1 aromatic carbocycles. The van der Waals surface area contributed by atoms with Gasteiger partial charge in [-0.15, -0.1) is 0 Å². The number of rotatable bonds is 3. The summed E-state index contributed by atoms with van der Waals surface area (Å²) in [5.74, 6) is -1.69. The number of anilines is 1. The zero-order valence-corrected chi connectivity index (χ0v) is 11.8. The number of pyridine rings is 1. The van der Waals surface area contributed by atoms with Crippen molar-refractivity contribution in [2.75, 3.05) is 12.4 Å². The second kappa shape index (κ2) is 6.47. The van der Waals surface area contributed by atoms with Gasteiger partial charge in [-0.3, -0.25) is 4.79 Å². The number of nitrogens with one attached hydrogen (secondary N) is 1. The number of esters is 1. The van der Waals surface area contributed by atoms with Crippen LogP contribution in [-0.2, 0) is 10.9 Å². The van der Waals surface area contributed by atoms with E-state index in [0.717, 1.165) is 12.1 Å². The zero-order valence-electron chi connectivity index (χ0n) is 11.8. The molecule has 0 aliphatic carbocycles. The van der Waals surface area contributed by atoms with E-state index in [1.54, 1.807) is 0 Å². The van der Waals surface area contributed by atoms with E-state index in [2.05, 4.69) is 15.0 Å². The molecule has 0 radical (unpaired) electrons. The summed E-state index contributed by atoms with van der Waals surface area (Å²) in [7, 11) is 1.18. The Bertz CT molecular complexity index is 745. The number of ether oxygens (including phenoxy) is 1. The number of carbonyl (C=O) groups excluding carboxylic acids is 2. The van der Waals surface area contributed by atoms with Crippen LogP contribution in [0.25, 0.3) is 0 Å². The molecule has 1 heterocycles. The number of hydrogen-bond acceptors (Lipinski definition) is 4. The molecule has 2 aromatic rings. The van der Waals surface area contributed by atoms with Gasteiger partial charge in [-0.2, -0.15) is 13.2 Å². The van der Waals surface area contributed by atoms with Crippen LogP contribution in [-0.4, -0.2) is 24.0 Å². The van der Waals surface area contributed by atoms with Crippen LogP contribution in [0.15, 0.2) is 42.6 Å². The van der Waals surface area contributed by atoms with Gasteiger partial charge in [-0.1, -0.05) is 12.1 Å². The van der Waals surface area contributed by atoms with Crippen molar-refractivity contribution in [2.45, 2.75) is 6.18 Å². The van der Waals surface area contributed by atoms with Crippen LogP contribution in [0, 0.1) is 0 Å². The summed E-state index contributed by atoms with van der Waals surface area (Å²) in [6.07, 6.45) is -3.42. The minimum absolute atomic E-state index is 0.0603. The molecule has 0 fully saturated rings. The molecule has 1 amide bonds. The Morgan fingerprint density at radius 3 is 2.52 bits per heavy atom. The molecule has 0 saturated carbocycles. The van der Waals surface area contributed by atoms with Crippen LogP contribution in [0.3, 0.4) is 0 Å². The van der Waals surface area contributed by atoms with Gasteiger partial charge in [0.05, 0.1) is 23.8 Å². The van der Waals surface area contributed by atoms with Crippen molar-refractivity contribution in [1.29, 1.82) is 0 Å². The second-order valence-electron chi connectivity index (χ2n) is 4.42. The summed E-state index contributed by atoms with van der Waals surface area (Å²) in [6, 6.07) is 6.94. The maximum Gasteiger partial charge on any atom is 0.417 e. The molecule has 0 unspecified atom stereocenters. The highest BCUT2D eigenvalue weighted by atomic mass is 19.4. The lowest BCUT2D eigenvalue weighted by atomic mass is 10.1. The molecule has 1 aromatic heterocycles. The summed E-state index contributed by atoms with van der Waals surface area (Å²) < 4.78 is 43.2. The Kier molecular flexibility index (Phi) is 4.63. The van der Waals surface area contributed by atoms with Gasteiger partial charge in [0, 0.05) is 6.20 Å². The predicted octanol–water partition coefficient (Wildman–Crippen LogP) is 3.14. The van der Waals surface area contributed by atoms with Crippen molar-refractivity contribution in [3.05, 3.63) is 59.3 Å². The average Bonchev–Trinajstić information content (AvgIpc) is 2.53. The predicted molar refractivity (Wildman–Crippen MR) is 75.0 cm³/mol. The fraction of sp³-hybridized carbons (Fsp3) is 0.133. The highest BCUT2D eigenvalue weighted by Crippen LogP contribution is 2.32. The molecule has 0 atom stereocenters. The first-order chi connectivity index (χ1) is 10.8. The van der Waals surface area contributed by atoms with Crippen molar-refractivity contribution in [1.82, 2.24) is 4.98 Å². The normalized spacial score (nSPS) is 11.0. The van der Waals surface area contributed by atoms with Crippen LogP contribution in [0.4, 0.5) is 19.0 Å². The van der Waals surface area contributed by atoms with Gasteiger partial charge in [0.25, 0.3) is 5.91 Å². The van der Waals surface area contributed by atoms with Crippen molar-refractivity contribution in [2.24, 2.45) is 0 Å². The monoisotopic (exact) mass is 324 g/mol. The van der Waals surface area contributed by atoms with E-state index in [0.29, 0.717) is 0 Å². The summed E-state index contributed by atoms with van der Waals surface area (Å²) in [5, 5.41) is 2.23. The SMILES string of the molecule is COC(=O)c1ccnc(NC(=O)c2ccccc2C(F)(F)F)c1. The van der Waals surface area contributed by atoms with E-state index < -0.39 is 29.2 Å². The van der Waals surface area contributed by atoms with E-state index in [4.69, 9.17) is 0 Å². The number of nitrogens with zero attached hydrogens (tertiary/aromatic N) is 1. The molecule has 120 valence electrons. The highest BCUT2D eigenvalue weighted by molar-refractivity contribution is 6.05. The molecule has 23 heavy (non-hydrogen) atoms. The molecule has 0 aliphatic heterocycles. The molecular weight excluding hydrogens is 313 g/mol. The number of methoxy groups -OCH3 is 1. The summed E-state index contributed by atoms with van der Waals surface area (Å²) >= 11 is 0. The standard InChI is InChI=1S/C15H11F3N2O3/c1-23-14(22)9-6-7-19-12(8-9)20-13(21)10-4-2-3-5-11(10)15(16,17)18/h2-8H,1H3,(H,19,20,21). The first-order valence-electron chi connectivity index (χ1n) is 6.35. The lowest BCUT2D eigenvalue weighted by Crippen LogP contribution is -2.19. The summed E-state index contributed by atoms with van der Waals surface area (Å²) in [5.41, 5.74) is -1.48. The molecule has 5 nitrogen and oxygen atoms in total. The number of amides is 1. The topological polar surface area (TPSA) is 68.3 Å². The van der Waals surface area contributed by atoms with Gasteiger partial charge >= 0.3 is 12.1 Å². The highest BCUT2D eigenvalue weighted by Gasteiger charge is 2.34. The van der Waals surface area contributed by atoms with Crippen LogP contribution < -0.4 is 5.32 Å². The molecule has 0 aliphatic rings. The van der Waals surface area contributed by atoms with Gasteiger partial charge in [-0.05, 0) is 24.3 Å². The van der Waals surface area contributed by atoms with Gasteiger partial charge in [0.1, 0.15) is 5.82 Å². The molecule has 1 N–H and O–H groups in total. The Morgan fingerprint density at radius 1 is 1.17 bits per heavy atom. The van der Waals surface area contributed by atoms with Crippen LogP contribution in [0.1, 0.15) is 26.3 Å². The maximum absolute atomic E-state index is 12.9.